The summed E-state index contributed by atoms with van der Waals surface area (Å²) in [7, 11) is 0. The second kappa shape index (κ2) is 6.33. The Bertz CT molecular complexity index is 564. The van der Waals surface area contributed by atoms with Crippen molar-refractivity contribution in [3.63, 3.8) is 0 Å². The summed E-state index contributed by atoms with van der Waals surface area (Å²) < 4.78 is 5.41. The first-order valence-corrected chi connectivity index (χ1v) is 7.98. The molecule has 3 heterocycles. The van der Waals surface area contributed by atoms with Crippen molar-refractivity contribution in [3.8, 4) is 10.6 Å². The topological polar surface area (TPSA) is 47.0 Å². The van der Waals surface area contributed by atoms with Crippen molar-refractivity contribution >= 4 is 17.2 Å². The molecule has 0 spiro atoms. The van der Waals surface area contributed by atoms with E-state index in [1.54, 1.807) is 11.3 Å². The maximum Gasteiger partial charge on any atom is 0.126 e. The average molecular weight is 289 g/mol. The Kier molecular flexibility index (Phi) is 4.28. The van der Waals surface area contributed by atoms with Crippen LogP contribution in [0.3, 0.4) is 0 Å². The van der Waals surface area contributed by atoms with Crippen LogP contribution in [0.15, 0.2) is 23.7 Å². The Labute approximate surface area is 123 Å². The van der Waals surface area contributed by atoms with Crippen LogP contribution in [0.2, 0.25) is 0 Å². The number of hydrogen-bond donors (Lipinski definition) is 1. The van der Waals surface area contributed by atoms with Crippen molar-refractivity contribution < 1.29 is 4.74 Å². The molecule has 0 aliphatic carbocycles. The quantitative estimate of drug-likeness (QED) is 0.935. The van der Waals surface area contributed by atoms with Crippen molar-refractivity contribution in [2.45, 2.75) is 25.7 Å². The molecule has 0 saturated carbocycles. The number of nitrogens with zero attached hydrogens (tertiary/aromatic N) is 2. The van der Waals surface area contributed by atoms with Gasteiger partial charge in [-0.2, -0.15) is 0 Å². The van der Waals surface area contributed by atoms with Gasteiger partial charge in [-0.25, -0.2) is 9.97 Å². The van der Waals surface area contributed by atoms with Crippen molar-refractivity contribution in [1.82, 2.24) is 9.97 Å². The van der Waals surface area contributed by atoms with Gasteiger partial charge in [0, 0.05) is 42.8 Å². The van der Waals surface area contributed by atoms with Crippen molar-refractivity contribution in [1.29, 1.82) is 0 Å². The maximum atomic E-state index is 5.41. The number of rotatable bonds is 4. The first-order chi connectivity index (χ1) is 9.86. The van der Waals surface area contributed by atoms with Gasteiger partial charge in [-0.3, -0.25) is 0 Å². The highest BCUT2D eigenvalue weighted by molar-refractivity contribution is 7.13. The molecular formula is C15H19N3OS. The average Bonchev–Trinajstić information content (AvgIpc) is 2.99. The van der Waals surface area contributed by atoms with Gasteiger partial charge in [-0.15, -0.1) is 11.3 Å². The minimum Gasteiger partial charge on any atom is -0.381 e. The Hall–Kier alpha value is -1.46. The standard InChI is InChI=1S/C15H19N3OS/c1-2-16-14-9-12(3-6-17-14)15-18-13(10-20-15)11-4-7-19-8-5-11/h3,6,9-11H,2,4-5,7-8H2,1H3,(H,16,17). The third-order valence-corrected chi connectivity index (χ3v) is 4.44. The van der Waals surface area contributed by atoms with E-state index in [0.717, 1.165) is 49.0 Å². The van der Waals surface area contributed by atoms with Gasteiger partial charge < -0.3 is 10.1 Å². The van der Waals surface area contributed by atoms with Gasteiger partial charge in [0.25, 0.3) is 0 Å². The molecular weight excluding hydrogens is 270 g/mol. The molecule has 0 unspecified atom stereocenters. The van der Waals surface area contributed by atoms with Crippen molar-refractivity contribution in [2.24, 2.45) is 0 Å². The van der Waals surface area contributed by atoms with Gasteiger partial charge in [-0.1, -0.05) is 0 Å². The first-order valence-electron chi connectivity index (χ1n) is 7.10. The summed E-state index contributed by atoms with van der Waals surface area (Å²) in [5.41, 5.74) is 2.36. The molecule has 1 aliphatic heterocycles. The summed E-state index contributed by atoms with van der Waals surface area (Å²) in [5.74, 6) is 1.47. The number of thiazole rings is 1. The molecule has 1 saturated heterocycles. The summed E-state index contributed by atoms with van der Waals surface area (Å²) in [6.07, 6.45) is 4.01. The lowest BCUT2D eigenvalue weighted by Crippen LogP contribution is -2.14. The van der Waals surface area contributed by atoms with Gasteiger partial charge in [-0.05, 0) is 31.9 Å². The molecule has 2 aromatic heterocycles. The fourth-order valence-electron chi connectivity index (χ4n) is 2.44. The fourth-order valence-corrected chi connectivity index (χ4v) is 3.34. The fraction of sp³-hybridized carbons (Fsp3) is 0.467. The van der Waals surface area contributed by atoms with Crippen LogP contribution in [0.4, 0.5) is 5.82 Å². The summed E-state index contributed by atoms with van der Waals surface area (Å²) in [5, 5.41) is 6.51. The van der Waals surface area contributed by atoms with Crippen LogP contribution in [-0.2, 0) is 4.74 Å². The summed E-state index contributed by atoms with van der Waals surface area (Å²) in [4.78, 5) is 9.11. The van der Waals surface area contributed by atoms with Crippen LogP contribution in [0.5, 0.6) is 0 Å². The van der Waals surface area contributed by atoms with E-state index < -0.39 is 0 Å². The molecule has 0 aromatic carbocycles. The molecule has 106 valence electrons. The van der Waals surface area contributed by atoms with Gasteiger partial charge in [0.1, 0.15) is 10.8 Å². The molecule has 3 rings (SSSR count). The SMILES string of the molecule is CCNc1cc(-c2nc(C3CCOCC3)cs2)ccn1. The van der Waals surface area contributed by atoms with Crippen LogP contribution in [0.1, 0.15) is 31.4 Å². The lowest BCUT2D eigenvalue weighted by molar-refractivity contribution is 0.0846. The molecule has 1 N–H and O–H groups in total. The molecule has 0 amide bonds. The van der Waals surface area contributed by atoms with Crippen LogP contribution in [-0.4, -0.2) is 29.7 Å². The second-order valence-electron chi connectivity index (χ2n) is 4.92. The first kappa shape index (κ1) is 13.5. The van der Waals surface area contributed by atoms with E-state index in [1.807, 2.05) is 12.3 Å². The van der Waals surface area contributed by atoms with Gasteiger partial charge in [0.15, 0.2) is 0 Å². The number of aromatic nitrogens is 2. The number of nitrogens with one attached hydrogen (secondary N) is 1. The lowest BCUT2D eigenvalue weighted by atomic mass is 9.97. The number of hydrogen-bond acceptors (Lipinski definition) is 5. The normalized spacial score (nSPS) is 16.2. The largest absolute Gasteiger partial charge is 0.381 e. The van der Waals surface area contributed by atoms with E-state index in [2.05, 4.69) is 28.7 Å². The number of ether oxygens (including phenoxy) is 1. The summed E-state index contributed by atoms with van der Waals surface area (Å²) >= 11 is 1.72. The van der Waals surface area contributed by atoms with E-state index in [9.17, 15) is 0 Å². The van der Waals surface area contributed by atoms with Crippen molar-refractivity contribution in [2.75, 3.05) is 25.1 Å². The molecule has 0 radical (unpaired) electrons. The minimum absolute atomic E-state index is 0.559. The third kappa shape index (κ3) is 2.99. The van der Waals surface area contributed by atoms with E-state index >= 15 is 0 Å². The highest BCUT2D eigenvalue weighted by Crippen LogP contribution is 2.32. The molecule has 0 bridgehead atoms. The molecule has 0 atom stereocenters. The number of anilines is 1. The molecule has 4 nitrogen and oxygen atoms in total. The van der Waals surface area contributed by atoms with Crippen LogP contribution < -0.4 is 5.32 Å². The van der Waals surface area contributed by atoms with Gasteiger partial charge in [0.05, 0.1) is 5.69 Å². The molecule has 20 heavy (non-hydrogen) atoms. The zero-order valence-corrected chi connectivity index (χ0v) is 12.4. The molecule has 1 fully saturated rings. The second-order valence-corrected chi connectivity index (χ2v) is 5.78. The van der Waals surface area contributed by atoms with Crippen LogP contribution >= 0.6 is 11.3 Å². The highest BCUT2D eigenvalue weighted by atomic mass is 32.1. The Morgan fingerprint density at radius 2 is 2.25 bits per heavy atom. The molecule has 2 aromatic rings. The summed E-state index contributed by atoms with van der Waals surface area (Å²) in [6, 6.07) is 4.09. The van der Waals surface area contributed by atoms with E-state index in [4.69, 9.17) is 9.72 Å². The summed E-state index contributed by atoms with van der Waals surface area (Å²) in [6.45, 7) is 4.66. The third-order valence-electron chi connectivity index (χ3n) is 3.53. The number of pyridine rings is 1. The maximum absolute atomic E-state index is 5.41. The Balaban J connectivity index is 1.80. The predicted molar refractivity (Wildman–Crippen MR) is 82.3 cm³/mol. The molecule has 5 heteroatoms. The Morgan fingerprint density at radius 3 is 3.05 bits per heavy atom. The van der Waals surface area contributed by atoms with E-state index in [1.165, 1.54) is 5.69 Å². The van der Waals surface area contributed by atoms with Gasteiger partial charge in [0.2, 0.25) is 0 Å². The minimum atomic E-state index is 0.559. The zero-order valence-electron chi connectivity index (χ0n) is 11.6. The zero-order chi connectivity index (χ0) is 13.8. The van der Waals surface area contributed by atoms with E-state index in [-0.39, 0.29) is 0 Å². The van der Waals surface area contributed by atoms with E-state index in [0.29, 0.717) is 5.92 Å². The Morgan fingerprint density at radius 1 is 1.40 bits per heavy atom. The van der Waals surface area contributed by atoms with Crippen molar-refractivity contribution in [3.05, 3.63) is 29.4 Å². The van der Waals surface area contributed by atoms with Crippen LogP contribution in [0, 0.1) is 0 Å². The monoisotopic (exact) mass is 289 g/mol. The predicted octanol–water partition coefficient (Wildman–Crippen LogP) is 3.53. The smallest absolute Gasteiger partial charge is 0.126 e. The van der Waals surface area contributed by atoms with Crippen LogP contribution in [0.25, 0.3) is 10.6 Å². The van der Waals surface area contributed by atoms with Gasteiger partial charge >= 0.3 is 0 Å². The lowest BCUT2D eigenvalue weighted by Gasteiger charge is -2.19. The molecule has 1 aliphatic rings. The highest BCUT2D eigenvalue weighted by Gasteiger charge is 2.19.